The molecule has 1 rings (SSSR count). The topological polar surface area (TPSA) is 149 Å². The number of hydrogen-bond acceptors (Lipinski definition) is 11. The van der Waals surface area contributed by atoms with E-state index in [0.717, 1.165) is 38.5 Å². The van der Waals surface area contributed by atoms with Crippen molar-refractivity contribution in [1.29, 1.82) is 0 Å². The van der Waals surface area contributed by atoms with E-state index in [0.29, 0.717) is 6.42 Å². The highest BCUT2D eigenvalue weighted by atomic mass is 16.6. The van der Waals surface area contributed by atoms with Crippen LogP contribution in [0.5, 0.6) is 0 Å². The van der Waals surface area contributed by atoms with E-state index in [2.05, 4.69) is 13.8 Å². The van der Waals surface area contributed by atoms with E-state index in [4.69, 9.17) is 23.7 Å². The molecule has 0 amide bonds. The van der Waals surface area contributed by atoms with Gasteiger partial charge in [-0.3, -0.25) is 28.8 Å². The fourth-order valence-corrected chi connectivity index (χ4v) is 6.17. The first-order chi connectivity index (χ1) is 25.8. The van der Waals surface area contributed by atoms with Gasteiger partial charge in [-0.25, -0.2) is 0 Å². The zero-order valence-electron chi connectivity index (χ0n) is 33.3. The molecule has 1 atom stereocenters. The number of esters is 4. The molecule has 0 aromatic carbocycles. The number of Topliss-reactive ketones (excluding diaryl/α,β-unsaturated/α-hetero) is 2. The largest absolute Gasteiger partial charge is 0.462 e. The summed E-state index contributed by atoms with van der Waals surface area (Å²) in [5.74, 6) is -2.91. The predicted molar refractivity (Wildman–Crippen MR) is 203 cm³/mol. The van der Waals surface area contributed by atoms with Gasteiger partial charge >= 0.3 is 23.9 Å². The summed E-state index contributed by atoms with van der Waals surface area (Å²) in [5.41, 5.74) is 0. The highest BCUT2D eigenvalue weighted by Gasteiger charge is 2.36. The van der Waals surface area contributed by atoms with E-state index in [1.54, 1.807) is 0 Å². The van der Waals surface area contributed by atoms with Crippen LogP contribution in [0.2, 0.25) is 0 Å². The molecule has 11 heteroatoms. The number of carbonyl (C=O) groups excluding carboxylic acids is 6. The van der Waals surface area contributed by atoms with Crippen LogP contribution in [-0.2, 0) is 52.5 Å². The van der Waals surface area contributed by atoms with Crippen molar-refractivity contribution in [2.24, 2.45) is 0 Å². The smallest absolute Gasteiger partial charge is 0.309 e. The van der Waals surface area contributed by atoms with E-state index in [9.17, 15) is 28.8 Å². The minimum absolute atomic E-state index is 0.0370. The van der Waals surface area contributed by atoms with Crippen LogP contribution in [0, 0.1) is 0 Å². The summed E-state index contributed by atoms with van der Waals surface area (Å²) in [4.78, 5) is 72.6. The normalized spacial score (nSPS) is 13.6. The predicted octanol–water partition coefficient (Wildman–Crippen LogP) is 9.03. The number of ether oxygens (including phenoxy) is 5. The molecule has 0 radical (unpaired) electrons. The Morgan fingerprint density at radius 2 is 0.849 bits per heavy atom. The monoisotopic (exact) mass is 753 g/mol. The fourth-order valence-electron chi connectivity index (χ4n) is 6.17. The van der Waals surface area contributed by atoms with Gasteiger partial charge in [-0.2, -0.15) is 0 Å². The van der Waals surface area contributed by atoms with Crippen LogP contribution in [0.25, 0.3) is 0 Å². The molecule has 53 heavy (non-hydrogen) atoms. The Morgan fingerprint density at radius 3 is 1.28 bits per heavy atom. The highest BCUT2D eigenvalue weighted by Crippen LogP contribution is 2.16. The van der Waals surface area contributed by atoms with E-state index in [-0.39, 0.29) is 70.9 Å². The average molecular weight is 753 g/mol. The maximum Gasteiger partial charge on any atom is 0.309 e. The second-order valence-electron chi connectivity index (χ2n) is 14.5. The molecule has 11 nitrogen and oxygen atoms in total. The third kappa shape index (κ3) is 28.3. The lowest BCUT2D eigenvalue weighted by Gasteiger charge is -2.18. The molecule has 0 saturated heterocycles. The Bertz CT molecular complexity index is 995. The van der Waals surface area contributed by atoms with Crippen LogP contribution in [0.4, 0.5) is 0 Å². The zero-order valence-corrected chi connectivity index (χ0v) is 33.3. The van der Waals surface area contributed by atoms with Crippen LogP contribution in [0.15, 0.2) is 0 Å². The second-order valence-corrected chi connectivity index (χ2v) is 14.5. The maximum absolute atomic E-state index is 12.6. The van der Waals surface area contributed by atoms with E-state index < -0.39 is 41.7 Å². The molecular weight excluding hydrogens is 680 g/mol. The number of carbonyl (C=O) groups is 6. The van der Waals surface area contributed by atoms with Crippen molar-refractivity contribution in [3.63, 3.8) is 0 Å². The number of ketones is 2. The lowest BCUT2D eigenvalue weighted by atomic mass is 10.1. The molecule has 0 unspecified atom stereocenters. The average Bonchev–Trinajstić information content (AvgIpc) is 3.45. The Morgan fingerprint density at radius 1 is 0.491 bits per heavy atom. The molecular formula is C42H72O11. The van der Waals surface area contributed by atoms with Crippen molar-refractivity contribution >= 4 is 35.4 Å². The first-order valence-electron chi connectivity index (χ1n) is 21.1. The summed E-state index contributed by atoms with van der Waals surface area (Å²) in [5, 5.41) is 0. The van der Waals surface area contributed by atoms with Gasteiger partial charge in [0.15, 0.2) is 17.7 Å². The molecule has 0 aromatic rings. The quantitative estimate of drug-likeness (QED) is 0.0261. The van der Waals surface area contributed by atoms with Gasteiger partial charge < -0.3 is 23.7 Å². The number of hydrogen-bond donors (Lipinski definition) is 0. The van der Waals surface area contributed by atoms with Crippen molar-refractivity contribution in [3.05, 3.63) is 0 Å². The van der Waals surface area contributed by atoms with Gasteiger partial charge in [0.1, 0.15) is 13.2 Å². The van der Waals surface area contributed by atoms with Crippen LogP contribution >= 0.6 is 0 Å². The summed E-state index contributed by atoms with van der Waals surface area (Å²) in [7, 11) is 0. The minimum Gasteiger partial charge on any atom is -0.462 e. The van der Waals surface area contributed by atoms with Gasteiger partial charge in [0, 0.05) is 25.7 Å². The highest BCUT2D eigenvalue weighted by molar-refractivity contribution is 6.12. The molecule has 0 aromatic heterocycles. The van der Waals surface area contributed by atoms with Crippen LogP contribution in [0.1, 0.15) is 194 Å². The minimum atomic E-state index is -1.32. The molecule has 306 valence electrons. The van der Waals surface area contributed by atoms with Crippen molar-refractivity contribution in [2.45, 2.75) is 206 Å². The van der Waals surface area contributed by atoms with Gasteiger partial charge in [0.05, 0.1) is 26.1 Å². The molecule has 0 bridgehead atoms. The van der Waals surface area contributed by atoms with Gasteiger partial charge in [0.2, 0.25) is 6.10 Å². The summed E-state index contributed by atoms with van der Waals surface area (Å²) < 4.78 is 26.5. The van der Waals surface area contributed by atoms with Gasteiger partial charge in [0.25, 0.3) is 0 Å². The Balaban J connectivity index is 2.34. The van der Waals surface area contributed by atoms with Crippen LogP contribution in [0.3, 0.4) is 0 Å². The van der Waals surface area contributed by atoms with Gasteiger partial charge in [-0.05, 0) is 12.8 Å². The molecule has 0 N–H and O–H groups in total. The molecule has 1 fully saturated rings. The summed E-state index contributed by atoms with van der Waals surface area (Å²) >= 11 is 0. The van der Waals surface area contributed by atoms with Gasteiger partial charge in [-0.15, -0.1) is 0 Å². The van der Waals surface area contributed by atoms with E-state index in [1.807, 2.05) is 0 Å². The Labute approximate surface area is 319 Å². The molecule has 1 aliphatic rings. The Hall–Kier alpha value is -2.82. The first-order valence-corrected chi connectivity index (χ1v) is 21.1. The van der Waals surface area contributed by atoms with Gasteiger partial charge in [-0.1, -0.05) is 142 Å². The van der Waals surface area contributed by atoms with Crippen LogP contribution < -0.4 is 0 Å². The molecule has 1 saturated carbocycles. The number of rotatable bonds is 36. The summed E-state index contributed by atoms with van der Waals surface area (Å²) in [6.45, 7) is 3.90. The lowest BCUT2D eigenvalue weighted by molar-refractivity contribution is -0.167. The third-order valence-corrected chi connectivity index (χ3v) is 9.48. The SMILES string of the molecule is CCCCCCCCCCCCCC(=O)OC[C@@H](COC(=O)CCOCCC(=O)OC1C(=O)CCC1=O)OC(=O)CCCCCCCCCCCCC. The fraction of sp³-hybridized carbons (Fsp3) is 0.857. The Kier molecular flexibility index (Phi) is 30.7. The summed E-state index contributed by atoms with van der Waals surface area (Å²) in [6.07, 6.45) is 24.0. The zero-order chi connectivity index (χ0) is 38.8. The first kappa shape index (κ1) is 48.2. The molecule has 1 aliphatic carbocycles. The standard InChI is InChI=1S/C42H72O11/c1-3-5-7-9-11-13-15-17-19-21-23-25-38(45)50-33-35(52-40(47)26-24-22-20-18-16-14-12-10-8-6-4-2)34-51-39(46)29-31-49-32-30-41(48)53-42-36(43)27-28-37(42)44/h35,42H,3-34H2,1-2H3/t35-/m0/s1. The second kappa shape index (κ2) is 33.7. The van der Waals surface area contributed by atoms with Crippen molar-refractivity contribution < 1.29 is 52.5 Å². The van der Waals surface area contributed by atoms with Crippen molar-refractivity contribution in [3.8, 4) is 0 Å². The van der Waals surface area contributed by atoms with E-state index in [1.165, 1.54) is 96.3 Å². The van der Waals surface area contributed by atoms with Crippen molar-refractivity contribution in [1.82, 2.24) is 0 Å². The molecule has 0 aliphatic heterocycles. The lowest BCUT2D eigenvalue weighted by Crippen LogP contribution is -2.31. The van der Waals surface area contributed by atoms with E-state index >= 15 is 0 Å². The number of unbranched alkanes of at least 4 members (excludes halogenated alkanes) is 20. The third-order valence-electron chi connectivity index (χ3n) is 9.48. The maximum atomic E-state index is 12.6. The molecule has 0 spiro atoms. The molecule has 0 heterocycles. The van der Waals surface area contributed by atoms with Crippen LogP contribution in [-0.4, -0.2) is 74.1 Å². The summed E-state index contributed by atoms with van der Waals surface area (Å²) in [6, 6.07) is 0. The van der Waals surface area contributed by atoms with Crippen molar-refractivity contribution in [2.75, 3.05) is 26.4 Å².